The second kappa shape index (κ2) is 7.66. The number of hydrogen-bond acceptors (Lipinski definition) is 9. The minimum atomic E-state index is -3.30. The van der Waals surface area contributed by atoms with Crippen molar-refractivity contribution in [1.82, 2.24) is 33.1 Å². The van der Waals surface area contributed by atoms with Gasteiger partial charge in [0.2, 0.25) is 16.0 Å². The molecule has 0 aromatic carbocycles. The van der Waals surface area contributed by atoms with Crippen LogP contribution in [0.15, 0.2) is 42.2 Å². The first-order chi connectivity index (χ1) is 15.4. The molecule has 11 nitrogen and oxygen atoms in total. The number of aromatic nitrogens is 6. The molecule has 0 radical (unpaired) electrons. The van der Waals surface area contributed by atoms with E-state index in [0.717, 1.165) is 16.9 Å². The molecule has 0 amide bonds. The van der Waals surface area contributed by atoms with Crippen LogP contribution in [0, 0.1) is 11.3 Å². The van der Waals surface area contributed by atoms with E-state index in [0.29, 0.717) is 11.6 Å². The van der Waals surface area contributed by atoms with Crippen molar-refractivity contribution in [1.29, 1.82) is 5.26 Å². The van der Waals surface area contributed by atoms with Gasteiger partial charge in [0.25, 0.3) is 0 Å². The van der Waals surface area contributed by atoms with E-state index in [4.69, 9.17) is 0 Å². The third-order valence-electron chi connectivity index (χ3n) is 5.52. The van der Waals surface area contributed by atoms with Crippen molar-refractivity contribution in [2.75, 3.05) is 24.2 Å². The molecule has 1 N–H and O–H groups in total. The Hall–Kier alpha value is -3.34. The van der Waals surface area contributed by atoms with Crippen LogP contribution in [0.4, 0.5) is 11.6 Å². The Kier molecular flexibility index (Phi) is 4.92. The molecule has 1 saturated heterocycles. The zero-order valence-corrected chi connectivity index (χ0v) is 18.7. The summed E-state index contributed by atoms with van der Waals surface area (Å²) in [4.78, 5) is 4.51. The van der Waals surface area contributed by atoms with Crippen molar-refractivity contribution in [3.8, 4) is 17.3 Å². The molecule has 1 aliphatic heterocycles. The SMILES string of the molecule is CCS(=O)(=O)N1CC(CC#N)(n2cc(-c3cccc4nc(Nc5cnsc5)nn34)cn2)C1. The maximum atomic E-state index is 12.2. The van der Waals surface area contributed by atoms with Crippen LogP contribution in [0.3, 0.4) is 0 Å². The molecule has 0 atom stereocenters. The van der Waals surface area contributed by atoms with E-state index in [1.165, 1.54) is 15.8 Å². The molecule has 0 saturated carbocycles. The van der Waals surface area contributed by atoms with Crippen LogP contribution in [-0.4, -0.2) is 60.3 Å². The zero-order chi connectivity index (χ0) is 22.3. The predicted molar refractivity (Wildman–Crippen MR) is 119 cm³/mol. The first-order valence-electron chi connectivity index (χ1n) is 9.87. The van der Waals surface area contributed by atoms with Crippen molar-refractivity contribution >= 4 is 38.8 Å². The highest BCUT2D eigenvalue weighted by Gasteiger charge is 2.49. The lowest BCUT2D eigenvalue weighted by atomic mass is 9.89. The van der Waals surface area contributed by atoms with Crippen LogP contribution >= 0.6 is 11.5 Å². The maximum absolute atomic E-state index is 12.2. The van der Waals surface area contributed by atoms with Crippen LogP contribution < -0.4 is 5.32 Å². The fourth-order valence-corrected chi connectivity index (χ4v) is 5.47. The Morgan fingerprint density at radius 2 is 2.16 bits per heavy atom. The summed E-state index contributed by atoms with van der Waals surface area (Å²) < 4.78 is 33.2. The van der Waals surface area contributed by atoms with E-state index in [1.807, 2.05) is 29.8 Å². The zero-order valence-electron chi connectivity index (χ0n) is 17.1. The van der Waals surface area contributed by atoms with Crippen LogP contribution in [0.2, 0.25) is 0 Å². The van der Waals surface area contributed by atoms with Gasteiger partial charge in [0.1, 0.15) is 5.54 Å². The van der Waals surface area contributed by atoms with Crippen LogP contribution in [0.5, 0.6) is 0 Å². The standard InChI is InChI=1S/C19H19N9O2S2/c1-2-32(29,30)26-12-19(13-26,6-7-20)27-10-14(8-21-27)16-4-3-5-17-24-18(25-28(16)17)23-15-9-22-31-11-15/h3-5,8-11H,2,6,12-13H2,1H3,(H,23,25). The van der Waals surface area contributed by atoms with Gasteiger partial charge in [0, 0.05) is 30.2 Å². The highest BCUT2D eigenvalue weighted by molar-refractivity contribution is 7.89. The van der Waals surface area contributed by atoms with Crippen LogP contribution in [0.1, 0.15) is 13.3 Å². The van der Waals surface area contributed by atoms with Crippen molar-refractivity contribution in [3.05, 3.63) is 42.2 Å². The van der Waals surface area contributed by atoms with Crippen LogP contribution in [0.25, 0.3) is 16.9 Å². The number of sulfonamides is 1. The lowest BCUT2D eigenvalue weighted by molar-refractivity contribution is 0.0719. The molecule has 32 heavy (non-hydrogen) atoms. The van der Waals surface area contributed by atoms with E-state index in [2.05, 4.69) is 30.9 Å². The van der Waals surface area contributed by atoms with Crippen molar-refractivity contribution in [2.45, 2.75) is 18.9 Å². The molecule has 1 fully saturated rings. The minimum absolute atomic E-state index is 0.0338. The molecule has 0 spiro atoms. The average molecular weight is 470 g/mol. The Balaban J connectivity index is 1.46. The fraction of sp³-hybridized carbons (Fsp3) is 0.316. The Morgan fingerprint density at radius 1 is 1.31 bits per heavy atom. The second-order valence-electron chi connectivity index (χ2n) is 7.56. The van der Waals surface area contributed by atoms with Gasteiger partial charge in [-0.05, 0) is 30.6 Å². The largest absolute Gasteiger partial charge is 0.321 e. The lowest BCUT2D eigenvalue weighted by Gasteiger charge is -2.47. The quantitative estimate of drug-likeness (QED) is 0.435. The van der Waals surface area contributed by atoms with E-state index in [1.54, 1.807) is 28.5 Å². The van der Waals surface area contributed by atoms with Gasteiger partial charge in [-0.25, -0.2) is 12.9 Å². The Morgan fingerprint density at radius 3 is 2.88 bits per heavy atom. The number of nitrogens with zero attached hydrogens (tertiary/aromatic N) is 8. The topological polar surface area (TPSA) is 134 Å². The van der Waals surface area contributed by atoms with Gasteiger partial charge in [-0.15, -0.1) is 5.10 Å². The lowest BCUT2D eigenvalue weighted by Crippen LogP contribution is -2.64. The van der Waals surface area contributed by atoms with Gasteiger partial charge in [-0.3, -0.25) is 4.68 Å². The number of nitrogens with one attached hydrogen (secondary N) is 1. The summed E-state index contributed by atoms with van der Waals surface area (Å²) in [6.07, 6.45) is 5.40. The molecular formula is C19H19N9O2S2. The summed E-state index contributed by atoms with van der Waals surface area (Å²) in [6.45, 7) is 2.07. The third-order valence-corrected chi connectivity index (χ3v) is 7.88. The van der Waals surface area contributed by atoms with Gasteiger partial charge in [0.15, 0.2) is 5.65 Å². The fourth-order valence-electron chi connectivity index (χ4n) is 3.76. The van der Waals surface area contributed by atoms with E-state index < -0.39 is 15.6 Å². The van der Waals surface area contributed by atoms with Gasteiger partial charge < -0.3 is 5.32 Å². The van der Waals surface area contributed by atoms with Gasteiger partial charge >= 0.3 is 0 Å². The molecule has 1 aliphatic rings. The monoisotopic (exact) mass is 469 g/mol. The highest BCUT2D eigenvalue weighted by atomic mass is 32.2. The molecule has 4 aromatic heterocycles. The van der Waals surface area contributed by atoms with Gasteiger partial charge in [-0.1, -0.05) is 6.07 Å². The van der Waals surface area contributed by atoms with Crippen LogP contribution in [-0.2, 0) is 15.6 Å². The predicted octanol–water partition coefficient (Wildman–Crippen LogP) is 2.07. The average Bonchev–Trinajstić information content (AvgIpc) is 3.50. The smallest absolute Gasteiger partial charge is 0.247 e. The summed E-state index contributed by atoms with van der Waals surface area (Å²) in [5, 5.41) is 23.4. The first kappa shape index (κ1) is 20.6. The number of hydrogen-bond donors (Lipinski definition) is 1. The maximum Gasteiger partial charge on any atom is 0.247 e. The summed E-state index contributed by atoms with van der Waals surface area (Å²) in [6, 6.07) is 7.83. The molecule has 0 aliphatic carbocycles. The van der Waals surface area contributed by atoms with E-state index in [9.17, 15) is 13.7 Å². The van der Waals surface area contributed by atoms with Crippen molar-refractivity contribution < 1.29 is 8.42 Å². The van der Waals surface area contributed by atoms with Gasteiger partial charge in [-0.2, -0.15) is 24.0 Å². The van der Waals surface area contributed by atoms with E-state index >= 15 is 0 Å². The summed E-state index contributed by atoms with van der Waals surface area (Å²) in [5.41, 5.74) is 2.37. The highest BCUT2D eigenvalue weighted by Crippen LogP contribution is 2.35. The number of anilines is 2. The molecule has 0 bridgehead atoms. The summed E-state index contributed by atoms with van der Waals surface area (Å²) in [7, 11) is -3.30. The normalized spacial score (nSPS) is 16.0. The molecular weight excluding hydrogens is 450 g/mol. The van der Waals surface area contributed by atoms with Gasteiger partial charge in [0.05, 0.1) is 42.0 Å². The summed E-state index contributed by atoms with van der Waals surface area (Å²) in [5.74, 6) is 0.483. The minimum Gasteiger partial charge on any atom is -0.321 e. The van der Waals surface area contributed by atoms with Crippen molar-refractivity contribution in [2.24, 2.45) is 0 Å². The second-order valence-corrected chi connectivity index (χ2v) is 10.5. The molecule has 13 heteroatoms. The molecule has 164 valence electrons. The molecule has 4 aromatic rings. The Labute approximate surface area is 188 Å². The van der Waals surface area contributed by atoms with E-state index in [-0.39, 0.29) is 25.3 Å². The third kappa shape index (κ3) is 3.42. The number of pyridine rings is 1. The molecule has 0 unspecified atom stereocenters. The number of nitriles is 1. The number of rotatable bonds is 7. The molecule has 5 heterocycles. The first-order valence-corrected chi connectivity index (χ1v) is 12.3. The van der Waals surface area contributed by atoms with Crippen molar-refractivity contribution in [3.63, 3.8) is 0 Å². The Bertz CT molecular complexity index is 1410. The summed E-state index contributed by atoms with van der Waals surface area (Å²) >= 11 is 1.34. The molecule has 5 rings (SSSR count). The number of fused-ring (bicyclic) bond motifs is 1.